The molecular formula is C9H14O. The van der Waals surface area contributed by atoms with Gasteiger partial charge >= 0.3 is 0 Å². The zero-order valence-electron chi connectivity index (χ0n) is 6.42. The Morgan fingerprint density at radius 2 is 2.50 bits per heavy atom. The van der Waals surface area contributed by atoms with Crippen LogP contribution in [0, 0.1) is 11.8 Å². The molecule has 2 atom stereocenters. The van der Waals surface area contributed by atoms with Crippen molar-refractivity contribution in [2.45, 2.75) is 26.2 Å². The molecule has 0 fully saturated rings. The van der Waals surface area contributed by atoms with Crippen LogP contribution in [0.4, 0.5) is 0 Å². The fraction of sp³-hybridized carbons (Fsp3) is 0.667. The number of hydrogen-bond acceptors (Lipinski definition) is 1. The van der Waals surface area contributed by atoms with Crippen molar-refractivity contribution >= 4 is 6.29 Å². The van der Waals surface area contributed by atoms with Crippen molar-refractivity contribution in [3.05, 3.63) is 12.2 Å². The highest BCUT2D eigenvalue weighted by Gasteiger charge is 2.14. The first-order chi connectivity index (χ1) is 4.86. The van der Waals surface area contributed by atoms with Gasteiger partial charge in [-0.05, 0) is 25.2 Å². The van der Waals surface area contributed by atoms with Gasteiger partial charge < -0.3 is 4.79 Å². The van der Waals surface area contributed by atoms with E-state index in [1.807, 2.05) is 0 Å². The lowest BCUT2D eigenvalue weighted by Gasteiger charge is -2.18. The molecule has 0 N–H and O–H groups in total. The molecule has 1 nitrogen and oxygen atoms in total. The van der Waals surface area contributed by atoms with Crippen molar-refractivity contribution in [1.82, 2.24) is 0 Å². The Kier molecular flexibility index (Phi) is 2.67. The lowest BCUT2D eigenvalue weighted by molar-refractivity contribution is -0.111. The maximum Gasteiger partial charge on any atom is 0.123 e. The standard InChI is InChI=1S/C9H14O/c1-2-8-4-3-5-9(6-8)7-10/h3-4,7-9H,2,5-6H2,1H3/t8-,9?/m1/s1. The number of aldehydes is 1. The molecule has 0 radical (unpaired) electrons. The minimum absolute atomic E-state index is 0.301. The first kappa shape index (κ1) is 7.52. The molecule has 0 aromatic carbocycles. The summed E-state index contributed by atoms with van der Waals surface area (Å²) in [7, 11) is 0. The topological polar surface area (TPSA) is 17.1 Å². The summed E-state index contributed by atoms with van der Waals surface area (Å²) in [4.78, 5) is 10.4. The van der Waals surface area contributed by atoms with Crippen LogP contribution in [0.1, 0.15) is 26.2 Å². The molecule has 0 bridgehead atoms. The Morgan fingerprint density at radius 1 is 1.70 bits per heavy atom. The van der Waals surface area contributed by atoms with Gasteiger partial charge in [-0.3, -0.25) is 0 Å². The predicted octanol–water partition coefficient (Wildman–Crippen LogP) is 2.18. The Balaban J connectivity index is 2.45. The second-order valence-electron chi connectivity index (χ2n) is 2.96. The molecule has 1 rings (SSSR count). The molecule has 10 heavy (non-hydrogen) atoms. The van der Waals surface area contributed by atoms with Crippen LogP contribution in [0.3, 0.4) is 0 Å². The van der Waals surface area contributed by atoms with Crippen LogP contribution in [-0.2, 0) is 4.79 Å². The number of allylic oxidation sites excluding steroid dienone is 2. The van der Waals surface area contributed by atoms with Crippen LogP contribution < -0.4 is 0 Å². The largest absolute Gasteiger partial charge is 0.303 e. The van der Waals surface area contributed by atoms with Crippen LogP contribution in [0.2, 0.25) is 0 Å². The van der Waals surface area contributed by atoms with Gasteiger partial charge in [0.15, 0.2) is 0 Å². The fourth-order valence-electron chi connectivity index (χ4n) is 1.42. The summed E-state index contributed by atoms with van der Waals surface area (Å²) in [6, 6.07) is 0. The van der Waals surface area contributed by atoms with Gasteiger partial charge in [-0.15, -0.1) is 0 Å². The van der Waals surface area contributed by atoms with E-state index in [4.69, 9.17) is 0 Å². The number of rotatable bonds is 2. The zero-order chi connectivity index (χ0) is 7.40. The maximum absolute atomic E-state index is 10.4. The highest BCUT2D eigenvalue weighted by atomic mass is 16.1. The van der Waals surface area contributed by atoms with Gasteiger partial charge in [0.05, 0.1) is 0 Å². The average Bonchev–Trinajstić information content (AvgIpc) is 2.05. The lowest BCUT2D eigenvalue weighted by atomic mass is 9.86. The summed E-state index contributed by atoms with van der Waals surface area (Å²) in [6.45, 7) is 2.17. The molecule has 0 saturated heterocycles. The van der Waals surface area contributed by atoms with Crippen molar-refractivity contribution in [2.75, 3.05) is 0 Å². The average molecular weight is 138 g/mol. The predicted molar refractivity (Wildman–Crippen MR) is 41.7 cm³/mol. The third-order valence-electron chi connectivity index (χ3n) is 2.17. The van der Waals surface area contributed by atoms with E-state index in [-0.39, 0.29) is 0 Å². The summed E-state index contributed by atoms with van der Waals surface area (Å²) >= 11 is 0. The monoisotopic (exact) mass is 138 g/mol. The van der Waals surface area contributed by atoms with Crippen molar-refractivity contribution in [3.63, 3.8) is 0 Å². The van der Waals surface area contributed by atoms with Crippen LogP contribution in [0.25, 0.3) is 0 Å². The number of hydrogen-bond donors (Lipinski definition) is 0. The fourth-order valence-corrected chi connectivity index (χ4v) is 1.42. The summed E-state index contributed by atoms with van der Waals surface area (Å²) < 4.78 is 0. The van der Waals surface area contributed by atoms with Crippen LogP contribution >= 0.6 is 0 Å². The van der Waals surface area contributed by atoms with E-state index in [1.54, 1.807) is 0 Å². The molecule has 0 heterocycles. The number of carbonyl (C=O) groups excluding carboxylic acids is 1. The molecular weight excluding hydrogens is 124 g/mol. The highest BCUT2D eigenvalue weighted by Crippen LogP contribution is 2.23. The Hall–Kier alpha value is -0.590. The summed E-state index contributed by atoms with van der Waals surface area (Å²) in [5.74, 6) is 0.957. The Labute approximate surface area is 62.1 Å². The molecule has 1 aliphatic rings. The zero-order valence-corrected chi connectivity index (χ0v) is 6.42. The smallest absolute Gasteiger partial charge is 0.123 e. The normalized spacial score (nSPS) is 32.1. The minimum Gasteiger partial charge on any atom is -0.303 e. The molecule has 0 aliphatic heterocycles. The van der Waals surface area contributed by atoms with E-state index in [0.29, 0.717) is 11.8 Å². The van der Waals surface area contributed by atoms with Crippen molar-refractivity contribution < 1.29 is 4.79 Å². The minimum atomic E-state index is 0.301. The first-order valence-electron chi connectivity index (χ1n) is 3.98. The summed E-state index contributed by atoms with van der Waals surface area (Å²) in [5.41, 5.74) is 0. The Morgan fingerprint density at radius 3 is 3.10 bits per heavy atom. The van der Waals surface area contributed by atoms with Gasteiger partial charge in [-0.1, -0.05) is 19.1 Å². The van der Waals surface area contributed by atoms with E-state index in [0.717, 1.165) is 19.1 Å². The third kappa shape index (κ3) is 1.69. The molecule has 0 spiro atoms. The number of carbonyl (C=O) groups is 1. The van der Waals surface area contributed by atoms with E-state index in [1.165, 1.54) is 6.42 Å². The van der Waals surface area contributed by atoms with Gasteiger partial charge in [0, 0.05) is 5.92 Å². The van der Waals surface area contributed by atoms with Gasteiger partial charge in [0.1, 0.15) is 6.29 Å². The summed E-state index contributed by atoms with van der Waals surface area (Å²) in [5, 5.41) is 0. The van der Waals surface area contributed by atoms with Crippen LogP contribution in [-0.4, -0.2) is 6.29 Å². The van der Waals surface area contributed by atoms with Gasteiger partial charge in [-0.25, -0.2) is 0 Å². The van der Waals surface area contributed by atoms with Gasteiger partial charge in [0.2, 0.25) is 0 Å². The lowest BCUT2D eigenvalue weighted by Crippen LogP contribution is -2.11. The van der Waals surface area contributed by atoms with Crippen molar-refractivity contribution in [1.29, 1.82) is 0 Å². The third-order valence-corrected chi connectivity index (χ3v) is 2.17. The second-order valence-corrected chi connectivity index (χ2v) is 2.96. The Bertz CT molecular complexity index is 138. The van der Waals surface area contributed by atoms with Crippen molar-refractivity contribution in [3.8, 4) is 0 Å². The van der Waals surface area contributed by atoms with E-state index < -0.39 is 0 Å². The van der Waals surface area contributed by atoms with Gasteiger partial charge in [-0.2, -0.15) is 0 Å². The molecule has 0 saturated carbocycles. The summed E-state index contributed by atoms with van der Waals surface area (Å²) in [6.07, 6.45) is 8.65. The molecule has 0 aromatic rings. The van der Waals surface area contributed by atoms with Crippen LogP contribution in [0.5, 0.6) is 0 Å². The molecule has 0 amide bonds. The van der Waals surface area contributed by atoms with E-state index in [2.05, 4.69) is 19.1 Å². The quantitative estimate of drug-likeness (QED) is 0.422. The van der Waals surface area contributed by atoms with E-state index in [9.17, 15) is 4.79 Å². The second kappa shape index (κ2) is 3.55. The maximum atomic E-state index is 10.4. The highest BCUT2D eigenvalue weighted by molar-refractivity contribution is 5.54. The van der Waals surface area contributed by atoms with E-state index >= 15 is 0 Å². The SMILES string of the molecule is CC[C@@H]1C=CCC(C=O)C1. The first-order valence-corrected chi connectivity index (χ1v) is 3.98. The molecule has 1 unspecified atom stereocenters. The molecule has 0 aromatic heterocycles. The van der Waals surface area contributed by atoms with Gasteiger partial charge in [0.25, 0.3) is 0 Å². The van der Waals surface area contributed by atoms with Crippen molar-refractivity contribution in [2.24, 2.45) is 11.8 Å². The molecule has 1 heteroatoms. The molecule has 1 aliphatic carbocycles. The van der Waals surface area contributed by atoms with Crippen LogP contribution in [0.15, 0.2) is 12.2 Å². The molecule has 56 valence electrons.